The van der Waals surface area contributed by atoms with Crippen LogP contribution in [0.5, 0.6) is 0 Å². The van der Waals surface area contributed by atoms with Gasteiger partial charge in [-0.05, 0) is 19.8 Å². The Labute approximate surface area is 135 Å². The van der Waals surface area contributed by atoms with Crippen LogP contribution in [0.2, 0.25) is 0 Å². The van der Waals surface area contributed by atoms with Crippen LogP contribution in [0.4, 0.5) is 5.82 Å². The average Bonchev–Trinajstić information content (AvgIpc) is 3.25. The highest BCUT2D eigenvalue weighted by Crippen LogP contribution is 2.32. The second-order valence-electron chi connectivity index (χ2n) is 6.50. The number of nitrogens with zero attached hydrogens (tertiary/aromatic N) is 3. The van der Waals surface area contributed by atoms with Crippen molar-refractivity contribution in [1.82, 2.24) is 15.3 Å². The number of aryl methyl sites for hydroxylation is 1. The van der Waals surface area contributed by atoms with Gasteiger partial charge in [0.25, 0.3) is 5.91 Å². The maximum atomic E-state index is 12.2. The molecule has 1 aromatic rings. The lowest BCUT2D eigenvalue weighted by molar-refractivity contribution is -0.169. The summed E-state index contributed by atoms with van der Waals surface area (Å²) < 4.78 is 11.5. The van der Waals surface area contributed by atoms with Crippen LogP contribution in [0.15, 0.2) is 6.07 Å². The number of amides is 1. The summed E-state index contributed by atoms with van der Waals surface area (Å²) in [5, 5.41) is 2.98. The highest BCUT2D eigenvalue weighted by atomic mass is 16.7. The Hall–Kier alpha value is -1.73. The molecule has 4 rings (SSSR count). The van der Waals surface area contributed by atoms with Crippen LogP contribution >= 0.6 is 0 Å². The van der Waals surface area contributed by atoms with Crippen molar-refractivity contribution in [3.8, 4) is 0 Å². The second kappa shape index (κ2) is 5.72. The number of hydrogen-bond donors (Lipinski definition) is 1. The van der Waals surface area contributed by atoms with E-state index in [1.54, 1.807) is 6.07 Å². The first-order valence-corrected chi connectivity index (χ1v) is 8.33. The molecule has 3 heterocycles. The van der Waals surface area contributed by atoms with Crippen molar-refractivity contribution in [2.45, 2.75) is 44.4 Å². The molecule has 1 amide bonds. The number of carbonyl (C=O) groups excluding carboxylic acids is 1. The first kappa shape index (κ1) is 14.8. The minimum Gasteiger partial charge on any atom is -0.356 e. The minimum absolute atomic E-state index is 0.102. The fraction of sp³-hybridized carbons (Fsp3) is 0.688. The van der Waals surface area contributed by atoms with Crippen molar-refractivity contribution in [1.29, 1.82) is 0 Å². The van der Waals surface area contributed by atoms with Gasteiger partial charge in [0, 0.05) is 38.0 Å². The van der Waals surface area contributed by atoms with E-state index >= 15 is 0 Å². The normalized spacial score (nSPS) is 23.3. The Bertz CT molecular complexity index is 601. The lowest BCUT2D eigenvalue weighted by Gasteiger charge is -2.38. The predicted molar refractivity (Wildman–Crippen MR) is 83.3 cm³/mol. The number of nitrogens with one attached hydrogen (secondary N) is 1. The molecule has 3 fully saturated rings. The van der Waals surface area contributed by atoms with E-state index in [1.807, 2.05) is 6.92 Å². The van der Waals surface area contributed by atoms with Gasteiger partial charge < -0.3 is 19.7 Å². The summed E-state index contributed by atoms with van der Waals surface area (Å²) in [4.78, 5) is 23.2. The molecule has 0 atom stereocenters. The highest BCUT2D eigenvalue weighted by Gasteiger charge is 2.40. The van der Waals surface area contributed by atoms with Gasteiger partial charge in [-0.15, -0.1) is 0 Å². The second-order valence-corrected chi connectivity index (χ2v) is 6.50. The van der Waals surface area contributed by atoms with E-state index in [0.717, 1.165) is 44.6 Å². The van der Waals surface area contributed by atoms with E-state index in [4.69, 9.17) is 9.47 Å². The van der Waals surface area contributed by atoms with E-state index in [2.05, 4.69) is 20.2 Å². The van der Waals surface area contributed by atoms with Crippen LogP contribution < -0.4 is 10.2 Å². The van der Waals surface area contributed by atoms with Crippen molar-refractivity contribution in [2.75, 3.05) is 31.2 Å². The van der Waals surface area contributed by atoms with Crippen molar-refractivity contribution in [2.24, 2.45) is 0 Å². The molecular weight excluding hydrogens is 296 g/mol. The van der Waals surface area contributed by atoms with E-state index in [0.29, 0.717) is 30.8 Å². The molecule has 3 aliphatic rings. The SMILES string of the molecule is Cc1nc(C(=O)NC2CC2)cc(N2CCC3(CC2)OCCO3)n1. The first-order valence-electron chi connectivity index (χ1n) is 8.33. The minimum atomic E-state index is -0.398. The number of rotatable bonds is 3. The molecule has 1 saturated carbocycles. The van der Waals surface area contributed by atoms with Gasteiger partial charge in [0.1, 0.15) is 17.3 Å². The number of hydrogen-bond acceptors (Lipinski definition) is 6. The fourth-order valence-electron chi connectivity index (χ4n) is 3.18. The summed E-state index contributed by atoms with van der Waals surface area (Å²) in [5.74, 6) is 0.934. The highest BCUT2D eigenvalue weighted by molar-refractivity contribution is 5.93. The molecule has 0 unspecified atom stereocenters. The third-order valence-corrected chi connectivity index (χ3v) is 4.63. The fourth-order valence-corrected chi connectivity index (χ4v) is 3.18. The van der Waals surface area contributed by atoms with Gasteiger partial charge in [-0.2, -0.15) is 0 Å². The van der Waals surface area contributed by atoms with Crippen molar-refractivity contribution >= 4 is 11.7 Å². The molecular formula is C16H22N4O3. The Kier molecular flexibility index (Phi) is 3.69. The van der Waals surface area contributed by atoms with Gasteiger partial charge in [-0.3, -0.25) is 4.79 Å². The quantitative estimate of drug-likeness (QED) is 0.897. The molecule has 2 aliphatic heterocycles. The zero-order chi connectivity index (χ0) is 15.9. The molecule has 124 valence electrons. The van der Waals surface area contributed by atoms with Gasteiger partial charge in [0.05, 0.1) is 13.2 Å². The lowest BCUT2D eigenvalue weighted by Crippen LogP contribution is -2.45. The van der Waals surface area contributed by atoms with E-state index < -0.39 is 5.79 Å². The number of carbonyl (C=O) groups is 1. The maximum Gasteiger partial charge on any atom is 0.270 e. The van der Waals surface area contributed by atoms with E-state index in [9.17, 15) is 4.79 Å². The number of anilines is 1. The summed E-state index contributed by atoms with van der Waals surface area (Å²) in [7, 11) is 0. The van der Waals surface area contributed by atoms with Crippen molar-refractivity contribution in [3.05, 3.63) is 17.6 Å². The average molecular weight is 318 g/mol. The van der Waals surface area contributed by atoms with Gasteiger partial charge in [-0.1, -0.05) is 0 Å². The molecule has 7 heteroatoms. The predicted octanol–water partition coefficient (Wildman–Crippen LogP) is 1.02. The maximum absolute atomic E-state index is 12.2. The summed E-state index contributed by atoms with van der Waals surface area (Å²) >= 11 is 0. The van der Waals surface area contributed by atoms with E-state index in [1.165, 1.54) is 0 Å². The number of aromatic nitrogens is 2. The Morgan fingerprint density at radius 2 is 1.96 bits per heavy atom. The van der Waals surface area contributed by atoms with Gasteiger partial charge in [-0.25, -0.2) is 9.97 Å². The van der Waals surface area contributed by atoms with Crippen LogP contribution in [0.3, 0.4) is 0 Å². The number of ether oxygens (including phenoxy) is 2. The summed E-state index contributed by atoms with van der Waals surface area (Å²) in [6.07, 6.45) is 3.77. The third kappa shape index (κ3) is 3.16. The number of piperidine rings is 1. The molecule has 2 saturated heterocycles. The van der Waals surface area contributed by atoms with Gasteiger partial charge in [0.2, 0.25) is 0 Å². The monoisotopic (exact) mass is 318 g/mol. The largest absolute Gasteiger partial charge is 0.356 e. The van der Waals surface area contributed by atoms with Crippen LogP contribution in [0.25, 0.3) is 0 Å². The van der Waals surface area contributed by atoms with Gasteiger partial charge >= 0.3 is 0 Å². The molecule has 1 aliphatic carbocycles. The standard InChI is InChI=1S/C16H22N4O3/c1-11-17-13(15(21)19-12-2-3-12)10-14(18-11)20-6-4-16(5-7-20)22-8-9-23-16/h10,12H,2-9H2,1H3,(H,19,21). The first-order chi connectivity index (χ1) is 11.1. The molecule has 7 nitrogen and oxygen atoms in total. The van der Waals surface area contributed by atoms with Crippen molar-refractivity contribution in [3.63, 3.8) is 0 Å². The van der Waals surface area contributed by atoms with Gasteiger partial charge in [0.15, 0.2) is 5.79 Å². The molecule has 1 spiro atoms. The summed E-state index contributed by atoms with van der Waals surface area (Å²) in [5.41, 5.74) is 0.452. The molecule has 1 aromatic heterocycles. The molecule has 0 aromatic carbocycles. The topological polar surface area (TPSA) is 76.6 Å². The zero-order valence-electron chi connectivity index (χ0n) is 13.4. The van der Waals surface area contributed by atoms with Crippen LogP contribution in [-0.4, -0.2) is 54.0 Å². The van der Waals surface area contributed by atoms with E-state index in [-0.39, 0.29) is 5.91 Å². The van der Waals surface area contributed by atoms with Crippen LogP contribution in [0, 0.1) is 6.92 Å². The Balaban J connectivity index is 1.48. The molecule has 23 heavy (non-hydrogen) atoms. The molecule has 1 N–H and O–H groups in total. The lowest BCUT2D eigenvalue weighted by atomic mass is 10.0. The summed E-state index contributed by atoms with van der Waals surface area (Å²) in [6.45, 7) is 4.79. The molecule has 0 bridgehead atoms. The Morgan fingerprint density at radius 1 is 1.26 bits per heavy atom. The Morgan fingerprint density at radius 3 is 2.61 bits per heavy atom. The third-order valence-electron chi connectivity index (χ3n) is 4.63. The van der Waals surface area contributed by atoms with Crippen LogP contribution in [-0.2, 0) is 9.47 Å². The summed E-state index contributed by atoms with van der Waals surface area (Å²) in [6, 6.07) is 2.12. The van der Waals surface area contributed by atoms with Crippen molar-refractivity contribution < 1.29 is 14.3 Å². The smallest absolute Gasteiger partial charge is 0.270 e. The van der Waals surface area contributed by atoms with Crippen LogP contribution in [0.1, 0.15) is 42.0 Å². The molecule has 0 radical (unpaired) electrons. The zero-order valence-corrected chi connectivity index (χ0v) is 13.4.